The molecule has 3 heteroatoms. The predicted molar refractivity (Wildman–Crippen MR) is 97.1 cm³/mol. The minimum atomic E-state index is -0.217. The third kappa shape index (κ3) is 3.19. The summed E-state index contributed by atoms with van der Waals surface area (Å²) in [5, 5.41) is 8.09. The van der Waals surface area contributed by atoms with Crippen molar-refractivity contribution in [2.75, 3.05) is 10.6 Å². The lowest BCUT2D eigenvalue weighted by atomic mass is 10.1. The fourth-order valence-electron chi connectivity index (χ4n) is 2.80. The quantitative estimate of drug-likeness (QED) is 0.672. The molecule has 0 fully saturated rings. The third-order valence-electron chi connectivity index (χ3n) is 4.02. The minimum Gasteiger partial charge on any atom is -0.307 e. The van der Waals surface area contributed by atoms with Gasteiger partial charge in [0.05, 0.1) is 5.69 Å². The Balaban J connectivity index is 1.85. The summed E-state index contributed by atoms with van der Waals surface area (Å²) >= 11 is 0. The van der Waals surface area contributed by atoms with Crippen molar-refractivity contribution in [2.24, 2.45) is 0 Å². The van der Waals surface area contributed by atoms with Crippen LogP contribution in [0, 0.1) is 6.92 Å². The average Bonchev–Trinajstić information content (AvgIpc) is 2.57. The molecule has 3 aromatic rings. The first kappa shape index (κ1) is 15.1. The summed E-state index contributed by atoms with van der Waals surface area (Å²) in [5.41, 5.74) is 3.91. The van der Waals surface area contributed by atoms with E-state index in [1.165, 1.54) is 0 Å². The lowest BCUT2D eigenvalue weighted by molar-refractivity contribution is 0.262. The third-order valence-corrected chi connectivity index (χ3v) is 4.02. The molecule has 0 saturated heterocycles. The van der Waals surface area contributed by atoms with Crippen LogP contribution in [0.1, 0.15) is 18.1 Å². The van der Waals surface area contributed by atoms with Crippen molar-refractivity contribution in [1.82, 2.24) is 0 Å². The maximum absolute atomic E-state index is 12.4. The lowest BCUT2D eigenvalue weighted by Gasteiger charge is -2.14. The van der Waals surface area contributed by atoms with Gasteiger partial charge in [-0.15, -0.1) is 0 Å². The van der Waals surface area contributed by atoms with Gasteiger partial charge in [-0.1, -0.05) is 61.5 Å². The minimum absolute atomic E-state index is 0.217. The largest absolute Gasteiger partial charge is 0.323 e. The Bertz CT molecular complexity index is 850. The number of anilines is 2. The van der Waals surface area contributed by atoms with E-state index in [1.54, 1.807) is 0 Å². The van der Waals surface area contributed by atoms with Gasteiger partial charge in [0.15, 0.2) is 0 Å². The highest BCUT2D eigenvalue weighted by Gasteiger charge is 2.10. The van der Waals surface area contributed by atoms with Gasteiger partial charge in [-0.05, 0) is 35.9 Å². The summed E-state index contributed by atoms with van der Waals surface area (Å²) in [7, 11) is 0. The molecule has 0 heterocycles. The first-order valence-electron chi connectivity index (χ1n) is 7.83. The molecule has 0 radical (unpaired) electrons. The van der Waals surface area contributed by atoms with Gasteiger partial charge in [0, 0.05) is 11.1 Å². The standard InChI is InChI=1S/C20H20N2O/c1-3-15-10-6-8-14(2)19(15)22-20(23)21-18-13-7-11-16-9-4-5-12-17(16)18/h4-13H,3H2,1-2H3,(H2,21,22,23). The number of rotatable bonds is 3. The van der Waals surface area contributed by atoms with Crippen molar-refractivity contribution >= 4 is 28.2 Å². The van der Waals surface area contributed by atoms with Crippen molar-refractivity contribution < 1.29 is 4.79 Å². The van der Waals surface area contributed by atoms with Crippen LogP contribution in [0.5, 0.6) is 0 Å². The second-order valence-electron chi connectivity index (χ2n) is 5.57. The molecule has 2 amide bonds. The average molecular weight is 304 g/mol. The lowest BCUT2D eigenvalue weighted by Crippen LogP contribution is -2.21. The molecule has 0 aliphatic heterocycles. The van der Waals surface area contributed by atoms with E-state index < -0.39 is 0 Å². The molecule has 3 nitrogen and oxygen atoms in total. The van der Waals surface area contributed by atoms with Crippen LogP contribution in [-0.2, 0) is 6.42 Å². The SMILES string of the molecule is CCc1cccc(C)c1NC(=O)Nc1cccc2ccccc12. The number of aryl methyl sites for hydroxylation is 2. The second kappa shape index (κ2) is 6.53. The predicted octanol–water partition coefficient (Wildman–Crippen LogP) is 5.35. The van der Waals surface area contributed by atoms with Gasteiger partial charge in [0.2, 0.25) is 0 Å². The number of nitrogens with one attached hydrogen (secondary N) is 2. The van der Waals surface area contributed by atoms with Crippen molar-refractivity contribution in [3.05, 3.63) is 71.8 Å². The summed E-state index contributed by atoms with van der Waals surface area (Å²) in [6.07, 6.45) is 0.881. The zero-order valence-corrected chi connectivity index (χ0v) is 13.4. The maximum atomic E-state index is 12.4. The van der Waals surface area contributed by atoms with Gasteiger partial charge in [-0.3, -0.25) is 0 Å². The fourth-order valence-corrected chi connectivity index (χ4v) is 2.80. The van der Waals surface area contributed by atoms with E-state index in [1.807, 2.05) is 67.6 Å². The number of amides is 2. The van der Waals surface area contributed by atoms with E-state index in [0.29, 0.717) is 0 Å². The highest BCUT2D eigenvalue weighted by Crippen LogP contribution is 2.24. The van der Waals surface area contributed by atoms with E-state index in [2.05, 4.69) is 17.6 Å². The van der Waals surface area contributed by atoms with E-state index >= 15 is 0 Å². The molecule has 23 heavy (non-hydrogen) atoms. The van der Waals surface area contributed by atoms with Gasteiger partial charge < -0.3 is 10.6 Å². The molecular formula is C20H20N2O. The normalized spacial score (nSPS) is 10.5. The Morgan fingerprint density at radius 1 is 0.913 bits per heavy atom. The van der Waals surface area contributed by atoms with E-state index in [0.717, 1.165) is 39.7 Å². The molecule has 3 aromatic carbocycles. The van der Waals surface area contributed by atoms with Crippen LogP contribution < -0.4 is 10.6 Å². The first-order valence-corrected chi connectivity index (χ1v) is 7.83. The maximum Gasteiger partial charge on any atom is 0.323 e. The van der Waals surface area contributed by atoms with Crippen LogP contribution in [0.2, 0.25) is 0 Å². The molecular weight excluding hydrogens is 284 g/mol. The number of hydrogen-bond donors (Lipinski definition) is 2. The van der Waals surface area contributed by atoms with Crippen molar-refractivity contribution in [2.45, 2.75) is 20.3 Å². The van der Waals surface area contributed by atoms with Crippen LogP contribution in [0.4, 0.5) is 16.2 Å². The molecule has 0 atom stereocenters. The van der Waals surface area contributed by atoms with E-state index in [4.69, 9.17) is 0 Å². The molecule has 0 unspecified atom stereocenters. The molecule has 0 aliphatic rings. The van der Waals surface area contributed by atoms with E-state index in [-0.39, 0.29) is 6.03 Å². The summed E-state index contributed by atoms with van der Waals surface area (Å²) in [5.74, 6) is 0. The molecule has 3 rings (SSSR count). The molecule has 0 aliphatic carbocycles. The zero-order valence-electron chi connectivity index (χ0n) is 13.4. The number of para-hydroxylation sites is 1. The molecule has 2 N–H and O–H groups in total. The number of urea groups is 1. The van der Waals surface area contributed by atoms with Gasteiger partial charge in [-0.2, -0.15) is 0 Å². The smallest absolute Gasteiger partial charge is 0.307 e. The Kier molecular flexibility index (Phi) is 4.29. The van der Waals surface area contributed by atoms with E-state index in [9.17, 15) is 4.79 Å². The summed E-state index contributed by atoms with van der Waals surface area (Å²) in [4.78, 5) is 12.4. The van der Waals surface area contributed by atoms with Crippen LogP contribution in [-0.4, -0.2) is 6.03 Å². The number of benzene rings is 3. The van der Waals surface area contributed by atoms with Crippen LogP contribution in [0.25, 0.3) is 10.8 Å². The Morgan fingerprint density at radius 3 is 2.48 bits per heavy atom. The van der Waals surface area contributed by atoms with Crippen LogP contribution >= 0.6 is 0 Å². The molecule has 0 bridgehead atoms. The van der Waals surface area contributed by atoms with Gasteiger partial charge in [0.1, 0.15) is 0 Å². The number of hydrogen-bond acceptors (Lipinski definition) is 1. The second-order valence-corrected chi connectivity index (χ2v) is 5.57. The highest BCUT2D eigenvalue weighted by molar-refractivity contribution is 6.06. The van der Waals surface area contributed by atoms with Gasteiger partial charge >= 0.3 is 6.03 Å². The fraction of sp³-hybridized carbons (Fsp3) is 0.150. The topological polar surface area (TPSA) is 41.1 Å². The Hall–Kier alpha value is -2.81. The zero-order chi connectivity index (χ0) is 16.2. The highest BCUT2D eigenvalue weighted by atomic mass is 16.2. The van der Waals surface area contributed by atoms with Gasteiger partial charge in [-0.25, -0.2) is 4.79 Å². The number of fused-ring (bicyclic) bond motifs is 1. The van der Waals surface area contributed by atoms with Crippen LogP contribution in [0.3, 0.4) is 0 Å². The van der Waals surface area contributed by atoms with Crippen molar-refractivity contribution in [3.63, 3.8) is 0 Å². The summed E-state index contributed by atoms with van der Waals surface area (Å²) in [6, 6.07) is 19.8. The van der Waals surface area contributed by atoms with Crippen molar-refractivity contribution in [3.8, 4) is 0 Å². The van der Waals surface area contributed by atoms with Crippen LogP contribution in [0.15, 0.2) is 60.7 Å². The molecule has 0 aromatic heterocycles. The monoisotopic (exact) mass is 304 g/mol. The van der Waals surface area contributed by atoms with Gasteiger partial charge in [0.25, 0.3) is 0 Å². The number of carbonyl (C=O) groups excluding carboxylic acids is 1. The Labute approximate surface area is 136 Å². The molecule has 0 saturated carbocycles. The molecule has 0 spiro atoms. The first-order chi connectivity index (χ1) is 11.2. The number of carbonyl (C=O) groups is 1. The summed E-state index contributed by atoms with van der Waals surface area (Å²) in [6.45, 7) is 4.09. The van der Waals surface area contributed by atoms with Crippen molar-refractivity contribution in [1.29, 1.82) is 0 Å². The molecule has 116 valence electrons. The summed E-state index contributed by atoms with van der Waals surface area (Å²) < 4.78 is 0. The Morgan fingerprint density at radius 2 is 1.65 bits per heavy atom.